The number of hydrogen-bond donors (Lipinski definition) is 3. The van der Waals surface area contributed by atoms with Crippen LogP contribution in [0, 0.1) is 0 Å². The molecule has 21 heavy (non-hydrogen) atoms. The molecular formula is C12H11ClN2O5S. The second-order valence-electron chi connectivity index (χ2n) is 4.01. The van der Waals surface area contributed by atoms with Gasteiger partial charge in [0, 0.05) is 6.20 Å². The van der Waals surface area contributed by atoms with E-state index in [9.17, 15) is 13.2 Å². The Kier molecular flexibility index (Phi) is 4.10. The maximum absolute atomic E-state index is 12.1. The summed E-state index contributed by atoms with van der Waals surface area (Å²) in [4.78, 5) is 12.9. The molecule has 7 nitrogen and oxygen atoms in total. The topological polar surface area (TPSA) is 108 Å². The van der Waals surface area contributed by atoms with Gasteiger partial charge in [-0.1, -0.05) is 11.6 Å². The number of nitrogens with one attached hydrogen (secondary N) is 2. The van der Waals surface area contributed by atoms with Crippen molar-refractivity contribution in [2.45, 2.75) is 4.90 Å². The van der Waals surface area contributed by atoms with Crippen molar-refractivity contribution in [3.8, 4) is 5.75 Å². The molecule has 0 aliphatic heterocycles. The number of sulfonamides is 1. The number of methoxy groups -OCH3 is 1. The molecule has 0 aliphatic rings. The molecule has 0 radical (unpaired) electrons. The van der Waals surface area contributed by atoms with Gasteiger partial charge < -0.3 is 14.8 Å². The number of aromatic amines is 1. The first-order valence-corrected chi connectivity index (χ1v) is 7.47. The van der Waals surface area contributed by atoms with Crippen molar-refractivity contribution in [1.82, 2.24) is 4.98 Å². The molecule has 0 unspecified atom stereocenters. The van der Waals surface area contributed by atoms with Crippen molar-refractivity contribution in [3.05, 3.63) is 41.2 Å². The molecule has 2 aromatic rings. The number of H-pyrrole nitrogens is 1. The van der Waals surface area contributed by atoms with Gasteiger partial charge in [-0.25, -0.2) is 13.2 Å². The number of carbonyl (C=O) groups is 1. The third kappa shape index (κ3) is 3.29. The minimum absolute atomic E-state index is 0.188. The Morgan fingerprint density at radius 2 is 2.10 bits per heavy atom. The Bertz CT molecular complexity index is 785. The van der Waals surface area contributed by atoms with Crippen molar-refractivity contribution in [3.63, 3.8) is 0 Å². The minimum Gasteiger partial charge on any atom is -0.495 e. The molecule has 0 saturated carbocycles. The lowest BCUT2D eigenvalue weighted by molar-refractivity contribution is 0.0691. The zero-order valence-corrected chi connectivity index (χ0v) is 12.3. The van der Waals surface area contributed by atoms with E-state index in [0.29, 0.717) is 5.75 Å². The second kappa shape index (κ2) is 5.66. The summed E-state index contributed by atoms with van der Waals surface area (Å²) in [6.07, 6.45) is 1.09. The number of aromatic carboxylic acids is 1. The molecule has 1 heterocycles. The van der Waals surface area contributed by atoms with Crippen LogP contribution in [0.3, 0.4) is 0 Å². The van der Waals surface area contributed by atoms with E-state index in [0.717, 1.165) is 12.3 Å². The molecule has 0 amide bonds. The number of carboxylic acids is 1. The molecule has 0 aliphatic carbocycles. The van der Waals surface area contributed by atoms with Crippen molar-refractivity contribution in [1.29, 1.82) is 0 Å². The van der Waals surface area contributed by atoms with Crippen molar-refractivity contribution in [2.24, 2.45) is 0 Å². The molecule has 2 rings (SSSR count). The van der Waals surface area contributed by atoms with Crippen molar-refractivity contribution >= 4 is 33.3 Å². The van der Waals surface area contributed by atoms with Crippen LogP contribution >= 0.6 is 11.6 Å². The Morgan fingerprint density at radius 1 is 1.38 bits per heavy atom. The zero-order chi connectivity index (χ0) is 15.6. The Hall–Kier alpha value is -2.19. The second-order valence-corrected chi connectivity index (χ2v) is 6.10. The number of halogens is 1. The van der Waals surface area contributed by atoms with Crippen LogP contribution in [0.5, 0.6) is 5.75 Å². The first-order chi connectivity index (χ1) is 9.83. The number of aromatic nitrogens is 1. The highest BCUT2D eigenvalue weighted by Gasteiger charge is 2.18. The smallest absolute Gasteiger partial charge is 0.352 e. The Balaban J connectivity index is 2.28. The Labute approximate surface area is 125 Å². The standard InChI is InChI=1S/C12H11ClN2O5S/c1-20-11-3-2-7(4-9(11)13)15-21(18,19)8-5-10(12(16)17)14-6-8/h2-6,14-15H,1H3,(H,16,17). The van der Waals surface area contributed by atoms with Crippen LogP contribution in [0.25, 0.3) is 0 Å². The van der Waals surface area contributed by atoms with E-state index in [4.69, 9.17) is 21.4 Å². The van der Waals surface area contributed by atoms with E-state index in [2.05, 4.69) is 9.71 Å². The number of hydrogen-bond acceptors (Lipinski definition) is 4. The van der Waals surface area contributed by atoms with Crippen LogP contribution in [0.15, 0.2) is 35.4 Å². The van der Waals surface area contributed by atoms with E-state index < -0.39 is 16.0 Å². The molecule has 1 aromatic carbocycles. The van der Waals surface area contributed by atoms with E-state index in [1.54, 1.807) is 0 Å². The average molecular weight is 331 g/mol. The number of carboxylic acid groups (broad SMARTS) is 1. The van der Waals surface area contributed by atoms with Crippen molar-refractivity contribution in [2.75, 3.05) is 11.8 Å². The summed E-state index contributed by atoms with van der Waals surface area (Å²) in [6, 6.07) is 5.41. The summed E-state index contributed by atoms with van der Waals surface area (Å²) in [5.41, 5.74) is 0.0158. The summed E-state index contributed by atoms with van der Waals surface area (Å²) >= 11 is 5.91. The SMILES string of the molecule is COc1ccc(NS(=O)(=O)c2c[nH]c(C(=O)O)c2)cc1Cl. The lowest BCUT2D eigenvalue weighted by Gasteiger charge is -2.08. The molecule has 0 bridgehead atoms. The first kappa shape index (κ1) is 15.2. The highest BCUT2D eigenvalue weighted by atomic mass is 35.5. The minimum atomic E-state index is -3.91. The van der Waals surface area contributed by atoms with Gasteiger partial charge in [-0.15, -0.1) is 0 Å². The van der Waals surface area contributed by atoms with E-state index in [1.807, 2.05) is 0 Å². The van der Waals surface area contributed by atoms with Crippen LogP contribution in [-0.4, -0.2) is 31.6 Å². The largest absolute Gasteiger partial charge is 0.495 e. The highest BCUT2D eigenvalue weighted by molar-refractivity contribution is 7.92. The maximum Gasteiger partial charge on any atom is 0.352 e. The first-order valence-electron chi connectivity index (χ1n) is 5.61. The summed E-state index contributed by atoms with van der Waals surface area (Å²) in [5.74, 6) is -0.835. The van der Waals surface area contributed by atoms with Crippen LogP contribution in [-0.2, 0) is 10.0 Å². The van der Waals surface area contributed by atoms with Gasteiger partial charge in [0.25, 0.3) is 10.0 Å². The predicted molar refractivity (Wildman–Crippen MR) is 76.6 cm³/mol. The van der Waals surface area contributed by atoms with Crippen LogP contribution in [0.4, 0.5) is 5.69 Å². The molecule has 3 N–H and O–H groups in total. The summed E-state index contributed by atoms with van der Waals surface area (Å²) in [6.45, 7) is 0. The summed E-state index contributed by atoms with van der Waals surface area (Å²) in [7, 11) is -2.46. The van der Waals surface area contributed by atoms with E-state index in [-0.39, 0.29) is 21.3 Å². The number of anilines is 1. The van der Waals surface area contributed by atoms with Gasteiger partial charge in [-0.2, -0.15) is 0 Å². The van der Waals surface area contributed by atoms with Crippen LogP contribution in [0.2, 0.25) is 5.02 Å². The van der Waals surface area contributed by atoms with Gasteiger partial charge >= 0.3 is 5.97 Å². The fraction of sp³-hybridized carbons (Fsp3) is 0.0833. The average Bonchev–Trinajstić information content (AvgIpc) is 2.89. The molecular weight excluding hydrogens is 320 g/mol. The number of ether oxygens (including phenoxy) is 1. The molecule has 0 spiro atoms. The third-order valence-corrected chi connectivity index (χ3v) is 4.26. The maximum atomic E-state index is 12.1. The van der Waals surface area contributed by atoms with Gasteiger partial charge in [0.15, 0.2) is 0 Å². The summed E-state index contributed by atoms with van der Waals surface area (Å²) < 4.78 is 31.5. The lowest BCUT2D eigenvalue weighted by Crippen LogP contribution is -2.12. The fourth-order valence-corrected chi connectivity index (χ4v) is 2.90. The quantitative estimate of drug-likeness (QED) is 0.778. The zero-order valence-electron chi connectivity index (χ0n) is 10.8. The van der Waals surface area contributed by atoms with Crippen LogP contribution in [0.1, 0.15) is 10.5 Å². The molecule has 0 saturated heterocycles. The highest BCUT2D eigenvalue weighted by Crippen LogP contribution is 2.28. The van der Waals surface area contributed by atoms with Gasteiger partial charge in [0.05, 0.1) is 17.8 Å². The molecule has 9 heteroatoms. The van der Waals surface area contributed by atoms with Crippen molar-refractivity contribution < 1.29 is 23.1 Å². The molecule has 0 fully saturated rings. The van der Waals surface area contributed by atoms with Gasteiger partial charge in [-0.05, 0) is 24.3 Å². The lowest BCUT2D eigenvalue weighted by atomic mass is 10.3. The van der Waals surface area contributed by atoms with E-state index >= 15 is 0 Å². The molecule has 1 aromatic heterocycles. The fourth-order valence-electron chi connectivity index (χ4n) is 1.60. The normalized spacial score (nSPS) is 11.1. The van der Waals surface area contributed by atoms with Gasteiger partial charge in [0.1, 0.15) is 16.3 Å². The molecule has 112 valence electrons. The monoisotopic (exact) mass is 330 g/mol. The van der Waals surface area contributed by atoms with Gasteiger partial charge in [0.2, 0.25) is 0 Å². The number of rotatable bonds is 5. The van der Waals surface area contributed by atoms with E-state index in [1.165, 1.54) is 25.3 Å². The van der Waals surface area contributed by atoms with Crippen LogP contribution < -0.4 is 9.46 Å². The Morgan fingerprint density at radius 3 is 2.62 bits per heavy atom. The van der Waals surface area contributed by atoms with Gasteiger partial charge in [-0.3, -0.25) is 4.72 Å². The number of benzene rings is 1. The summed E-state index contributed by atoms with van der Waals surface area (Å²) in [5, 5.41) is 9.02. The predicted octanol–water partition coefficient (Wildman–Crippen LogP) is 2.18. The third-order valence-electron chi connectivity index (χ3n) is 2.60. The molecule has 0 atom stereocenters.